The highest BCUT2D eigenvalue weighted by Crippen LogP contribution is 2.30. The summed E-state index contributed by atoms with van der Waals surface area (Å²) in [6, 6.07) is 8.50. The first-order chi connectivity index (χ1) is 9.86. The average Bonchev–Trinajstić information content (AvgIpc) is 2.37. The standard InChI is InChI=1S/C16H23N5/c1-11(2)18-14-10-17-21-15(20-14)19-13-9-7-6-8-12(13)16(3,4)5/h6-11H,1-5H3,(H2,18,19,20,21). The third-order valence-corrected chi connectivity index (χ3v) is 2.98. The van der Waals surface area contributed by atoms with Crippen LogP contribution in [0.4, 0.5) is 17.5 Å². The Morgan fingerprint density at radius 1 is 1.10 bits per heavy atom. The molecule has 2 rings (SSSR count). The van der Waals surface area contributed by atoms with Gasteiger partial charge in [-0.25, -0.2) is 0 Å². The van der Waals surface area contributed by atoms with E-state index in [1.807, 2.05) is 18.2 Å². The van der Waals surface area contributed by atoms with Gasteiger partial charge in [0, 0.05) is 11.7 Å². The van der Waals surface area contributed by atoms with Gasteiger partial charge in [-0.3, -0.25) is 0 Å². The summed E-state index contributed by atoms with van der Waals surface area (Å²) in [5.74, 6) is 1.22. The highest BCUT2D eigenvalue weighted by Gasteiger charge is 2.18. The largest absolute Gasteiger partial charge is 0.366 e. The van der Waals surface area contributed by atoms with Gasteiger partial charge < -0.3 is 10.6 Å². The molecule has 0 aliphatic rings. The molecule has 0 aliphatic carbocycles. The van der Waals surface area contributed by atoms with E-state index in [0.717, 1.165) is 11.5 Å². The summed E-state index contributed by atoms with van der Waals surface area (Å²) in [7, 11) is 0. The van der Waals surface area contributed by atoms with Crippen LogP contribution in [0.3, 0.4) is 0 Å². The third kappa shape index (κ3) is 4.15. The Balaban J connectivity index is 2.27. The van der Waals surface area contributed by atoms with Gasteiger partial charge in [-0.05, 0) is 30.9 Å². The van der Waals surface area contributed by atoms with E-state index in [0.29, 0.717) is 12.0 Å². The molecule has 0 saturated carbocycles. The van der Waals surface area contributed by atoms with Crippen LogP contribution in [0, 0.1) is 0 Å². The second kappa shape index (κ2) is 6.08. The number of hydrogen-bond acceptors (Lipinski definition) is 5. The smallest absolute Gasteiger partial charge is 0.249 e. The summed E-state index contributed by atoms with van der Waals surface area (Å²) in [5, 5.41) is 14.5. The first-order valence-electron chi connectivity index (χ1n) is 7.19. The Kier molecular flexibility index (Phi) is 4.40. The van der Waals surface area contributed by atoms with Crippen LogP contribution in [-0.4, -0.2) is 21.2 Å². The summed E-state index contributed by atoms with van der Waals surface area (Å²) in [4.78, 5) is 4.44. The fourth-order valence-electron chi connectivity index (χ4n) is 2.09. The number of para-hydroxylation sites is 1. The number of nitrogens with one attached hydrogen (secondary N) is 2. The summed E-state index contributed by atoms with van der Waals surface area (Å²) in [5.41, 5.74) is 2.27. The van der Waals surface area contributed by atoms with Gasteiger partial charge in [0.15, 0.2) is 5.82 Å². The van der Waals surface area contributed by atoms with Crippen LogP contribution < -0.4 is 10.6 Å². The average molecular weight is 285 g/mol. The second-order valence-corrected chi connectivity index (χ2v) is 6.38. The van der Waals surface area contributed by atoms with E-state index in [9.17, 15) is 0 Å². The molecule has 0 amide bonds. The second-order valence-electron chi connectivity index (χ2n) is 6.38. The van der Waals surface area contributed by atoms with Crippen LogP contribution in [0.25, 0.3) is 0 Å². The molecule has 0 spiro atoms. The molecular formula is C16H23N5. The molecule has 21 heavy (non-hydrogen) atoms. The number of anilines is 3. The van der Waals surface area contributed by atoms with E-state index in [2.05, 4.69) is 66.5 Å². The van der Waals surface area contributed by atoms with Crippen molar-refractivity contribution in [1.29, 1.82) is 0 Å². The maximum atomic E-state index is 4.44. The highest BCUT2D eigenvalue weighted by atomic mass is 15.3. The summed E-state index contributed by atoms with van der Waals surface area (Å²) < 4.78 is 0. The van der Waals surface area contributed by atoms with Crippen molar-refractivity contribution in [3.63, 3.8) is 0 Å². The lowest BCUT2D eigenvalue weighted by molar-refractivity contribution is 0.592. The van der Waals surface area contributed by atoms with Crippen molar-refractivity contribution in [3.8, 4) is 0 Å². The van der Waals surface area contributed by atoms with Gasteiger partial charge in [-0.2, -0.15) is 10.1 Å². The first kappa shape index (κ1) is 15.2. The van der Waals surface area contributed by atoms with Gasteiger partial charge in [0.2, 0.25) is 5.95 Å². The van der Waals surface area contributed by atoms with Gasteiger partial charge in [0.25, 0.3) is 0 Å². The molecule has 0 unspecified atom stereocenters. The summed E-state index contributed by atoms with van der Waals surface area (Å²) >= 11 is 0. The molecule has 5 nitrogen and oxygen atoms in total. The number of benzene rings is 1. The maximum Gasteiger partial charge on any atom is 0.249 e. The van der Waals surface area contributed by atoms with Gasteiger partial charge >= 0.3 is 0 Å². The van der Waals surface area contributed by atoms with Gasteiger partial charge in [-0.1, -0.05) is 39.0 Å². The molecule has 0 bridgehead atoms. The Bertz CT molecular complexity index is 602. The van der Waals surface area contributed by atoms with E-state index in [1.54, 1.807) is 6.20 Å². The zero-order valence-corrected chi connectivity index (χ0v) is 13.3. The predicted molar refractivity (Wildman–Crippen MR) is 87.0 cm³/mol. The van der Waals surface area contributed by atoms with Gasteiger partial charge in [0.05, 0.1) is 6.20 Å². The molecule has 0 saturated heterocycles. The van der Waals surface area contributed by atoms with Crippen molar-refractivity contribution in [2.24, 2.45) is 0 Å². The van der Waals surface area contributed by atoms with Crippen LogP contribution in [0.5, 0.6) is 0 Å². The minimum absolute atomic E-state index is 0.0464. The minimum Gasteiger partial charge on any atom is -0.366 e. The lowest BCUT2D eigenvalue weighted by Crippen LogP contribution is -2.15. The van der Waals surface area contributed by atoms with E-state index < -0.39 is 0 Å². The Hall–Kier alpha value is -2.17. The monoisotopic (exact) mass is 285 g/mol. The molecule has 1 aromatic carbocycles. The zero-order chi connectivity index (χ0) is 15.5. The summed E-state index contributed by atoms with van der Waals surface area (Å²) in [6.07, 6.45) is 1.63. The minimum atomic E-state index is 0.0464. The van der Waals surface area contributed by atoms with Crippen molar-refractivity contribution in [2.45, 2.75) is 46.1 Å². The molecule has 0 atom stereocenters. The third-order valence-electron chi connectivity index (χ3n) is 2.98. The number of aromatic nitrogens is 3. The Morgan fingerprint density at radius 2 is 1.81 bits per heavy atom. The maximum absolute atomic E-state index is 4.44. The van der Waals surface area contributed by atoms with Crippen LogP contribution in [-0.2, 0) is 5.41 Å². The van der Waals surface area contributed by atoms with E-state index in [4.69, 9.17) is 0 Å². The lowest BCUT2D eigenvalue weighted by atomic mass is 9.86. The molecule has 0 aliphatic heterocycles. The number of rotatable bonds is 4. The quantitative estimate of drug-likeness (QED) is 0.896. The molecule has 112 valence electrons. The van der Waals surface area contributed by atoms with Crippen LogP contribution in [0.2, 0.25) is 0 Å². The number of nitrogens with zero attached hydrogens (tertiary/aromatic N) is 3. The highest BCUT2D eigenvalue weighted by molar-refractivity contribution is 5.60. The van der Waals surface area contributed by atoms with Crippen molar-refractivity contribution >= 4 is 17.5 Å². The molecule has 0 fully saturated rings. The van der Waals surface area contributed by atoms with E-state index >= 15 is 0 Å². The SMILES string of the molecule is CC(C)Nc1cnnc(Nc2ccccc2C(C)(C)C)n1. The lowest BCUT2D eigenvalue weighted by Gasteiger charge is -2.22. The normalized spacial score (nSPS) is 11.5. The van der Waals surface area contributed by atoms with E-state index in [1.165, 1.54) is 5.56 Å². The zero-order valence-electron chi connectivity index (χ0n) is 13.3. The van der Waals surface area contributed by atoms with Crippen molar-refractivity contribution < 1.29 is 0 Å². The van der Waals surface area contributed by atoms with Gasteiger partial charge in [-0.15, -0.1) is 5.10 Å². The fourth-order valence-corrected chi connectivity index (χ4v) is 2.09. The molecule has 2 N–H and O–H groups in total. The Labute approximate surface area is 126 Å². The molecule has 1 aromatic heterocycles. The van der Waals surface area contributed by atoms with Crippen molar-refractivity contribution in [1.82, 2.24) is 15.2 Å². The molecule has 5 heteroatoms. The molecular weight excluding hydrogens is 262 g/mol. The van der Waals surface area contributed by atoms with Crippen LogP contribution in [0.1, 0.15) is 40.2 Å². The first-order valence-corrected chi connectivity index (χ1v) is 7.19. The summed E-state index contributed by atoms with van der Waals surface area (Å²) in [6.45, 7) is 10.7. The van der Waals surface area contributed by atoms with Crippen LogP contribution >= 0.6 is 0 Å². The molecule has 0 radical (unpaired) electrons. The topological polar surface area (TPSA) is 62.7 Å². The Morgan fingerprint density at radius 3 is 2.48 bits per heavy atom. The van der Waals surface area contributed by atoms with Gasteiger partial charge in [0.1, 0.15) is 0 Å². The fraction of sp³-hybridized carbons (Fsp3) is 0.438. The van der Waals surface area contributed by atoms with E-state index in [-0.39, 0.29) is 5.41 Å². The van der Waals surface area contributed by atoms with Crippen molar-refractivity contribution in [2.75, 3.05) is 10.6 Å². The molecule has 2 aromatic rings. The van der Waals surface area contributed by atoms with Crippen molar-refractivity contribution in [3.05, 3.63) is 36.0 Å². The van der Waals surface area contributed by atoms with Crippen LogP contribution in [0.15, 0.2) is 30.5 Å². The predicted octanol–water partition coefficient (Wildman–Crippen LogP) is 3.73. The number of hydrogen-bond donors (Lipinski definition) is 2. The molecule has 1 heterocycles.